The van der Waals surface area contributed by atoms with Crippen molar-refractivity contribution in [3.8, 4) is 0 Å². The summed E-state index contributed by atoms with van der Waals surface area (Å²) < 4.78 is 3.65. The standard InChI is InChI=1S/C19H25N5O/c1-5-23-13-16(9-20-23)12-22(11-14(2)3)19(25)17-10-21-24-8-6-7-15(4)18(17)24/h6-10,13-14H,5,11-12H2,1-4H3. The molecular formula is C19H25N5O. The average Bonchev–Trinajstić information content (AvgIpc) is 3.20. The van der Waals surface area contributed by atoms with E-state index in [4.69, 9.17) is 0 Å². The molecule has 0 saturated heterocycles. The molecule has 0 aliphatic heterocycles. The summed E-state index contributed by atoms with van der Waals surface area (Å²) in [6, 6.07) is 3.94. The number of hydrogen-bond donors (Lipinski definition) is 0. The fourth-order valence-corrected chi connectivity index (χ4v) is 3.08. The highest BCUT2D eigenvalue weighted by Crippen LogP contribution is 2.19. The smallest absolute Gasteiger partial charge is 0.258 e. The largest absolute Gasteiger partial charge is 0.334 e. The molecule has 0 atom stereocenters. The number of aryl methyl sites for hydroxylation is 2. The number of pyridine rings is 1. The van der Waals surface area contributed by atoms with Gasteiger partial charge in [0, 0.05) is 37.6 Å². The van der Waals surface area contributed by atoms with Crippen molar-refractivity contribution in [2.24, 2.45) is 5.92 Å². The quantitative estimate of drug-likeness (QED) is 0.693. The van der Waals surface area contributed by atoms with E-state index in [0.29, 0.717) is 24.6 Å². The number of nitrogens with zero attached hydrogens (tertiary/aromatic N) is 5. The van der Waals surface area contributed by atoms with Crippen molar-refractivity contribution in [2.45, 2.75) is 40.8 Å². The Bertz CT molecular complexity index is 877. The number of hydrogen-bond acceptors (Lipinski definition) is 3. The fourth-order valence-electron chi connectivity index (χ4n) is 3.08. The van der Waals surface area contributed by atoms with Crippen molar-refractivity contribution < 1.29 is 4.79 Å². The molecule has 0 aliphatic carbocycles. The van der Waals surface area contributed by atoms with Crippen LogP contribution in [0.3, 0.4) is 0 Å². The maximum atomic E-state index is 13.2. The first-order chi connectivity index (χ1) is 12.0. The molecule has 6 nitrogen and oxygen atoms in total. The van der Waals surface area contributed by atoms with E-state index in [1.54, 1.807) is 10.7 Å². The maximum Gasteiger partial charge on any atom is 0.258 e. The third kappa shape index (κ3) is 3.57. The van der Waals surface area contributed by atoms with Crippen LogP contribution in [0.5, 0.6) is 0 Å². The third-order valence-corrected chi connectivity index (χ3v) is 4.23. The number of carbonyl (C=O) groups is 1. The molecule has 0 fully saturated rings. The zero-order chi connectivity index (χ0) is 18.0. The van der Waals surface area contributed by atoms with Crippen molar-refractivity contribution in [2.75, 3.05) is 6.54 Å². The zero-order valence-corrected chi connectivity index (χ0v) is 15.3. The molecule has 1 amide bonds. The van der Waals surface area contributed by atoms with Crippen molar-refractivity contribution in [1.29, 1.82) is 0 Å². The lowest BCUT2D eigenvalue weighted by Gasteiger charge is -2.24. The molecule has 0 bridgehead atoms. The van der Waals surface area contributed by atoms with E-state index in [-0.39, 0.29) is 5.91 Å². The van der Waals surface area contributed by atoms with Crippen LogP contribution in [0.25, 0.3) is 5.52 Å². The summed E-state index contributed by atoms with van der Waals surface area (Å²) in [5, 5.41) is 8.65. The SMILES string of the molecule is CCn1cc(CN(CC(C)C)C(=O)c2cnn3cccc(C)c23)cn1. The van der Waals surface area contributed by atoms with Crippen LogP contribution >= 0.6 is 0 Å². The summed E-state index contributed by atoms with van der Waals surface area (Å²) >= 11 is 0. The van der Waals surface area contributed by atoms with E-state index in [1.165, 1.54) is 0 Å². The van der Waals surface area contributed by atoms with E-state index in [0.717, 1.165) is 23.2 Å². The van der Waals surface area contributed by atoms with Gasteiger partial charge in [0.25, 0.3) is 5.91 Å². The Morgan fingerprint density at radius 2 is 2.08 bits per heavy atom. The third-order valence-electron chi connectivity index (χ3n) is 4.23. The Morgan fingerprint density at radius 3 is 2.76 bits per heavy atom. The first kappa shape index (κ1) is 17.2. The van der Waals surface area contributed by atoms with Gasteiger partial charge >= 0.3 is 0 Å². The van der Waals surface area contributed by atoms with E-state index >= 15 is 0 Å². The highest BCUT2D eigenvalue weighted by molar-refractivity contribution is 6.01. The molecule has 3 rings (SSSR count). The second kappa shape index (κ2) is 7.09. The summed E-state index contributed by atoms with van der Waals surface area (Å²) in [6.07, 6.45) is 7.39. The van der Waals surface area contributed by atoms with Gasteiger partial charge in [-0.25, -0.2) is 4.52 Å². The molecule has 6 heteroatoms. The molecular weight excluding hydrogens is 314 g/mol. The molecule has 3 heterocycles. The lowest BCUT2D eigenvalue weighted by atomic mass is 10.1. The second-order valence-corrected chi connectivity index (χ2v) is 6.83. The van der Waals surface area contributed by atoms with Crippen molar-refractivity contribution in [1.82, 2.24) is 24.3 Å². The minimum atomic E-state index is 0.0160. The number of amides is 1. The van der Waals surface area contributed by atoms with Crippen LogP contribution in [0.2, 0.25) is 0 Å². The lowest BCUT2D eigenvalue weighted by molar-refractivity contribution is 0.0724. The Kier molecular flexibility index (Phi) is 4.88. The zero-order valence-electron chi connectivity index (χ0n) is 15.3. The van der Waals surface area contributed by atoms with Crippen molar-refractivity contribution in [3.63, 3.8) is 0 Å². The molecule has 0 unspecified atom stereocenters. The predicted octanol–water partition coefficient (Wildman–Crippen LogP) is 3.16. The van der Waals surface area contributed by atoms with Crippen LogP contribution in [-0.2, 0) is 13.1 Å². The van der Waals surface area contributed by atoms with Gasteiger partial charge in [0.05, 0.1) is 23.5 Å². The van der Waals surface area contributed by atoms with Crippen LogP contribution in [0.4, 0.5) is 0 Å². The van der Waals surface area contributed by atoms with Gasteiger partial charge in [-0.2, -0.15) is 10.2 Å². The molecule has 0 N–H and O–H groups in total. The molecule has 3 aromatic heterocycles. The molecule has 132 valence electrons. The highest BCUT2D eigenvalue weighted by Gasteiger charge is 2.22. The molecule has 0 spiro atoms. The average molecular weight is 339 g/mol. The van der Waals surface area contributed by atoms with Gasteiger partial charge in [-0.3, -0.25) is 9.48 Å². The maximum absolute atomic E-state index is 13.2. The molecule has 0 saturated carbocycles. The van der Waals surface area contributed by atoms with Gasteiger partial charge in [0.15, 0.2) is 0 Å². The van der Waals surface area contributed by atoms with Crippen molar-refractivity contribution >= 4 is 11.4 Å². The summed E-state index contributed by atoms with van der Waals surface area (Å²) in [5.74, 6) is 0.398. The Labute approximate surface area is 148 Å². The van der Waals surface area contributed by atoms with Gasteiger partial charge in [-0.15, -0.1) is 0 Å². The molecule has 3 aromatic rings. The minimum absolute atomic E-state index is 0.0160. The number of rotatable bonds is 6. The Hall–Kier alpha value is -2.63. The van der Waals surface area contributed by atoms with Crippen LogP contribution in [0.1, 0.15) is 42.3 Å². The van der Waals surface area contributed by atoms with Gasteiger partial charge < -0.3 is 4.90 Å². The lowest BCUT2D eigenvalue weighted by Crippen LogP contribution is -2.33. The van der Waals surface area contributed by atoms with E-state index < -0.39 is 0 Å². The molecule has 0 aliphatic rings. The van der Waals surface area contributed by atoms with Gasteiger partial charge in [-0.05, 0) is 31.4 Å². The molecule has 0 radical (unpaired) electrons. The summed E-state index contributed by atoms with van der Waals surface area (Å²) in [7, 11) is 0. The minimum Gasteiger partial charge on any atom is -0.334 e. The number of aromatic nitrogens is 4. The first-order valence-electron chi connectivity index (χ1n) is 8.73. The second-order valence-electron chi connectivity index (χ2n) is 6.83. The number of carbonyl (C=O) groups excluding carboxylic acids is 1. The highest BCUT2D eigenvalue weighted by atomic mass is 16.2. The number of fused-ring (bicyclic) bond motifs is 1. The summed E-state index contributed by atoms with van der Waals surface area (Å²) in [6.45, 7) is 10.4. The normalized spacial score (nSPS) is 11.4. The van der Waals surface area contributed by atoms with E-state index in [1.807, 2.05) is 47.2 Å². The fraction of sp³-hybridized carbons (Fsp3) is 0.421. The summed E-state index contributed by atoms with van der Waals surface area (Å²) in [5.41, 5.74) is 3.63. The van der Waals surface area contributed by atoms with Crippen LogP contribution in [0, 0.1) is 12.8 Å². The van der Waals surface area contributed by atoms with Gasteiger partial charge in [0.2, 0.25) is 0 Å². The van der Waals surface area contributed by atoms with Crippen molar-refractivity contribution in [3.05, 3.63) is 53.6 Å². The topological polar surface area (TPSA) is 55.4 Å². The van der Waals surface area contributed by atoms with E-state index in [9.17, 15) is 4.79 Å². The van der Waals surface area contributed by atoms with Crippen LogP contribution in [-0.4, -0.2) is 36.7 Å². The predicted molar refractivity (Wildman–Crippen MR) is 97.4 cm³/mol. The van der Waals surface area contributed by atoms with Gasteiger partial charge in [-0.1, -0.05) is 19.9 Å². The van der Waals surface area contributed by atoms with Crippen LogP contribution < -0.4 is 0 Å². The van der Waals surface area contributed by atoms with E-state index in [2.05, 4.69) is 31.0 Å². The van der Waals surface area contributed by atoms with Crippen LogP contribution in [0.15, 0.2) is 36.9 Å². The summed E-state index contributed by atoms with van der Waals surface area (Å²) in [4.78, 5) is 15.1. The first-order valence-corrected chi connectivity index (χ1v) is 8.73. The Balaban J connectivity index is 1.93. The Morgan fingerprint density at radius 1 is 1.28 bits per heavy atom. The molecule has 0 aromatic carbocycles. The monoisotopic (exact) mass is 339 g/mol. The molecule has 25 heavy (non-hydrogen) atoms. The van der Waals surface area contributed by atoms with Gasteiger partial charge in [0.1, 0.15) is 0 Å².